The number of fused-ring (bicyclic) bond motifs is 1. The number of para-hydroxylation sites is 1. The van der Waals surface area contributed by atoms with Gasteiger partial charge in [-0.25, -0.2) is 9.97 Å². The van der Waals surface area contributed by atoms with Crippen LogP contribution in [0, 0.1) is 0 Å². The molecule has 1 aromatic carbocycles. The van der Waals surface area contributed by atoms with Crippen molar-refractivity contribution in [1.82, 2.24) is 24.8 Å². The lowest BCUT2D eigenvalue weighted by molar-refractivity contribution is -0.137. The molecule has 3 heterocycles. The number of aromatic amines is 1. The van der Waals surface area contributed by atoms with Gasteiger partial charge in [-0.05, 0) is 24.3 Å². The lowest BCUT2D eigenvalue weighted by Crippen LogP contribution is -2.30. The van der Waals surface area contributed by atoms with E-state index in [1.165, 1.54) is 44.6 Å². The van der Waals surface area contributed by atoms with Gasteiger partial charge in [-0.2, -0.15) is 18.2 Å². The minimum atomic E-state index is -4.77. The molecule has 0 saturated carbocycles. The maximum absolute atomic E-state index is 13.7. The molecule has 0 aliphatic rings. The molecule has 0 aliphatic carbocycles. The Morgan fingerprint density at radius 1 is 1.03 bits per heavy atom. The number of anilines is 4. The molecule has 3 N–H and O–H groups in total. The van der Waals surface area contributed by atoms with Gasteiger partial charge in [0.15, 0.2) is 0 Å². The normalized spacial score (nSPS) is 11.3. The molecule has 0 fully saturated rings. The fourth-order valence-corrected chi connectivity index (χ4v) is 3.12. The first-order valence-electron chi connectivity index (χ1n) is 9.90. The number of amides is 1. The van der Waals surface area contributed by atoms with Crippen molar-refractivity contribution >= 4 is 45.9 Å². The predicted molar refractivity (Wildman–Crippen MR) is 119 cm³/mol. The van der Waals surface area contributed by atoms with Crippen molar-refractivity contribution in [1.29, 1.82) is 0 Å². The Kier molecular flexibility index (Phi) is 5.88. The number of ketones is 1. The molecule has 0 atom stereocenters. The molecule has 4 aromatic rings. The summed E-state index contributed by atoms with van der Waals surface area (Å²) in [5.41, 5.74) is -0.129. The summed E-state index contributed by atoms with van der Waals surface area (Å²) in [4.78, 5) is 40.7. The molecule has 0 unspecified atom stereocenters. The Morgan fingerprint density at radius 2 is 1.79 bits per heavy atom. The predicted octanol–water partition coefficient (Wildman–Crippen LogP) is 4.13. The summed E-state index contributed by atoms with van der Waals surface area (Å²) >= 11 is 0. The zero-order valence-electron chi connectivity index (χ0n) is 17.9. The van der Waals surface area contributed by atoms with Crippen LogP contribution in [0.15, 0.2) is 55.0 Å². The van der Waals surface area contributed by atoms with Gasteiger partial charge in [-0.3, -0.25) is 9.59 Å². The number of alkyl halides is 3. The van der Waals surface area contributed by atoms with Gasteiger partial charge in [-0.1, -0.05) is 12.1 Å². The number of benzene rings is 1. The molecular weight excluding hydrogens is 451 g/mol. The van der Waals surface area contributed by atoms with Crippen LogP contribution < -0.4 is 10.6 Å². The van der Waals surface area contributed by atoms with E-state index in [1.54, 1.807) is 18.3 Å². The summed E-state index contributed by atoms with van der Waals surface area (Å²) in [6.07, 6.45) is -0.953. The molecule has 174 valence electrons. The molecule has 0 aliphatic heterocycles. The topological polar surface area (TPSA) is 116 Å². The number of pyridine rings is 1. The van der Waals surface area contributed by atoms with Gasteiger partial charge in [0, 0.05) is 31.9 Å². The smallest absolute Gasteiger partial charge is 0.346 e. The lowest BCUT2D eigenvalue weighted by Gasteiger charge is -2.17. The van der Waals surface area contributed by atoms with E-state index in [0.29, 0.717) is 17.5 Å². The highest BCUT2D eigenvalue weighted by molar-refractivity contribution is 6.43. The van der Waals surface area contributed by atoms with Gasteiger partial charge in [0.1, 0.15) is 17.0 Å². The van der Waals surface area contributed by atoms with E-state index in [-0.39, 0.29) is 17.2 Å². The van der Waals surface area contributed by atoms with Crippen LogP contribution in [0.3, 0.4) is 0 Å². The van der Waals surface area contributed by atoms with E-state index in [2.05, 4.69) is 30.6 Å². The van der Waals surface area contributed by atoms with Crippen molar-refractivity contribution in [3.05, 3.63) is 66.1 Å². The maximum Gasteiger partial charge on any atom is 0.421 e. The van der Waals surface area contributed by atoms with Gasteiger partial charge < -0.3 is 20.5 Å². The van der Waals surface area contributed by atoms with Crippen LogP contribution in [0.2, 0.25) is 0 Å². The summed E-state index contributed by atoms with van der Waals surface area (Å²) < 4.78 is 41.0. The summed E-state index contributed by atoms with van der Waals surface area (Å²) in [6.45, 7) is 0. The van der Waals surface area contributed by atoms with Crippen LogP contribution in [0.25, 0.3) is 11.0 Å². The number of Topliss-reactive ketones (excluding diaryl/α,β-unsaturated/α-hetero) is 1. The first kappa shape index (κ1) is 22.7. The van der Waals surface area contributed by atoms with Crippen LogP contribution in [0.1, 0.15) is 15.9 Å². The fourth-order valence-electron chi connectivity index (χ4n) is 3.12. The molecule has 1 amide bonds. The molecule has 0 spiro atoms. The summed E-state index contributed by atoms with van der Waals surface area (Å²) in [6, 6.07) is 9.27. The van der Waals surface area contributed by atoms with Gasteiger partial charge >= 0.3 is 6.18 Å². The Morgan fingerprint density at radius 3 is 2.53 bits per heavy atom. The number of likely N-dealkylation sites (N-methyl/N-ethyl adjacent to an activating group) is 1. The van der Waals surface area contributed by atoms with Gasteiger partial charge in [0.25, 0.3) is 11.7 Å². The number of carbonyl (C=O) groups is 2. The average molecular weight is 469 g/mol. The zero-order valence-corrected chi connectivity index (χ0v) is 17.9. The van der Waals surface area contributed by atoms with Crippen molar-refractivity contribution in [2.75, 3.05) is 24.7 Å². The third-order valence-electron chi connectivity index (χ3n) is 4.78. The second-order valence-electron chi connectivity index (χ2n) is 7.42. The monoisotopic (exact) mass is 469 g/mol. The minimum Gasteiger partial charge on any atom is -0.346 e. The molecule has 0 saturated heterocycles. The van der Waals surface area contributed by atoms with E-state index >= 15 is 0 Å². The Balaban J connectivity index is 1.71. The molecule has 0 radical (unpaired) electrons. The lowest BCUT2D eigenvalue weighted by atomic mass is 10.1. The van der Waals surface area contributed by atoms with E-state index in [0.717, 1.165) is 10.3 Å². The van der Waals surface area contributed by atoms with Gasteiger partial charge in [-0.15, -0.1) is 0 Å². The zero-order chi connectivity index (χ0) is 24.5. The van der Waals surface area contributed by atoms with E-state index in [1.807, 2.05) is 0 Å². The quantitative estimate of drug-likeness (QED) is 0.287. The Bertz CT molecular complexity index is 1380. The van der Waals surface area contributed by atoms with Crippen LogP contribution in [0.4, 0.5) is 36.3 Å². The average Bonchev–Trinajstić information content (AvgIpc) is 3.26. The number of nitrogens with zero attached hydrogens (tertiary/aromatic N) is 4. The number of carbonyl (C=O) groups excluding carboxylic acids is 2. The number of nitrogens with one attached hydrogen (secondary N) is 3. The van der Waals surface area contributed by atoms with E-state index in [9.17, 15) is 22.8 Å². The van der Waals surface area contributed by atoms with Crippen LogP contribution in [-0.2, 0) is 11.0 Å². The van der Waals surface area contributed by atoms with Gasteiger partial charge in [0.05, 0.1) is 23.1 Å². The van der Waals surface area contributed by atoms with Gasteiger partial charge in [0.2, 0.25) is 5.95 Å². The first-order chi connectivity index (χ1) is 16.1. The van der Waals surface area contributed by atoms with Crippen molar-refractivity contribution in [2.45, 2.75) is 6.18 Å². The standard InChI is InChI=1S/C22H18F3N7O2/c1-32(2)20(34)17(33)14-5-3-4-6-16(14)30-19-15(22(23,24)25)11-28-21(31-19)29-13-9-12-7-8-26-18(12)27-10-13/h3-11H,1-2H3,(H,26,27)(H2,28,29,30,31). The van der Waals surface area contributed by atoms with E-state index in [4.69, 9.17) is 0 Å². The third-order valence-corrected chi connectivity index (χ3v) is 4.78. The molecule has 9 nitrogen and oxygen atoms in total. The van der Waals surface area contributed by atoms with Crippen LogP contribution >= 0.6 is 0 Å². The molecule has 34 heavy (non-hydrogen) atoms. The number of hydrogen-bond donors (Lipinski definition) is 3. The molecule has 0 bridgehead atoms. The van der Waals surface area contributed by atoms with Crippen LogP contribution in [-0.4, -0.2) is 50.6 Å². The summed E-state index contributed by atoms with van der Waals surface area (Å²) in [7, 11) is 2.81. The molecule has 3 aromatic heterocycles. The third kappa shape index (κ3) is 4.65. The second kappa shape index (κ2) is 8.81. The summed E-state index contributed by atoms with van der Waals surface area (Å²) in [5.74, 6) is -2.40. The van der Waals surface area contributed by atoms with Crippen molar-refractivity contribution < 1.29 is 22.8 Å². The minimum absolute atomic E-state index is 0.00624. The van der Waals surface area contributed by atoms with Crippen LogP contribution in [0.5, 0.6) is 0 Å². The van der Waals surface area contributed by atoms with Crippen molar-refractivity contribution in [3.8, 4) is 0 Å². The molecule has 12 heteroatoms. The number of hydrogen-bond acceptors (Lipinski definition) is 7. The number of halogens is 3. The Hall–Kier alpha value is -4.48. The highest BCUT2D eigenvalue weighted by atomic mass is 19.4. The highest BCUT2D eigenvalue weighted by Gasteiger charge is 2.36. The molecular formula is C22H18F3N7O2. The maximum atomic E-state index is 13.7. The van der Waals surface area contributed by atoms with E-state index < -0.39 is 29.2 Å². The highest BCUT2D eigenvalue weighted by Crippen LogP contribution is 2.36. The number of H-pyrrole nitrogens is 1. The SMILES string of the molecule is CN(C)C(=O)C(=O)c1ccccc1Nc1nc(Nc2cnc3[nH]ccc3c2)ncc1C(F)(F)F. The largest absolute Gasteiger partial charge is 0.421 e. The first-order valence-corrected chi connectivity index (χ1v) is 9.90. The second-order valence-corrected chi connectivity index (χ2v) is 7.42. The number of rotatable bonds is 6. The van der Waals surface area contributed by atoms with Crippen molar-refractivity contribution in [2.24, 2.45) is 0 Å². The molecule has 4 rings (SSSR count). The Labute approximate surface area is 191 Å². The fraction of sp³-hybridized carbons (Fsp3) is 0.136. The number of aromatic nitrogens is 4. The van der Waals surface area contributed by atoms with Crippen molar-refractivity contribution in [3.63, 3.8) is 0 Å². The summed E-state index contributed by atoms with van der Waals surface area (Å²) in [5, 5.41) is 6.16.